The summed E-state index contributed by atoms with van der Waals surface area (Å²) in [5.41, 5.74) is 1.25. The van der Waals surface area contributed by atoms with Gasteiger partial charge in [0, 0.05) is 24.2 Å². The zero-order valence-electron chi connectivity index (χ0n) is 14.2. The van der Waals surface area contributed by atoms with Crippen molar-refractivity contribution < 1.29 is 19.2 Å². The molecule has 0 spiro atoms. The molecule has 0 fully saturated rings. The van der Waals surface area contributed by atoms with Gasteiger partial charge in [0.25, 0.3) is 5.69 Å². The van der Waals surface area contributed by atoms with Crippen LogP contribution >= 0.6 is 0 Å². The van der Waals surface area contributed by atoms with Crippen LogP contribution in [0.5, 0.6) is 0 Å². The molecule has 0 aromatic heterocycles. The van der Waals surface area contributed by atoms with Crippen LogP contribution in [0.25, 0.3) is 0 Å². The molecule has 1 aromatic carbocycles. The number of aryl methyl sites for hydroxylation is 1. The van der Waals surface area contributed by atoms with Gasteiger partial charge in [-0.1, -0.05) is 20.8 Å². The third kappa shape index (κ3) is 3.72. The van der Waals surface area contributed by atoms with E-state index in [1.54, 1.807) is 6.07 Å². The first-order valence-electron chi connectivity index (χ1n) is 8.11. The van der Waals surface area contributed by atoms with Gasteiger partial charge < -0.3 is 4.74 Å². The van der Waals surface area contributed by atoms with Crippen molar-refractivity contribution in [3.05, 3.63) is 33.9 Å². The highest BCUT2D eigenvalue weighted by atomic mass is 16.6. The fraction of sp³-hybridized carbons (Fsp3) is 0.529. The van der Waals surface area contributed by atoms with Crippen LogP contribution < -0.4 is 4.90 Å². The molecule has 1 aliphatic rings. The number of non-ortho nitro benzene ring substituents is 1. The molecule has 24 heavy (non-hydrogen) atoms. The van der Waals surface area contributed by atoms with Crippen molar-refractivity contribution in [2.45, 2.75) is 46.1 Å². The molecule has 130 valence electrons. The van der Waals surface area contributed by atoms with Gasteiger partial charge >= 0.3 is 5.97 Å². The van der Waals surface area contributed by atoms with Crippen molar-refractivity contribution >= 4 is 23.3 Å². The number of rotatable bonds is 6. The van der Waals surface area contributed by atoms with Crippen molar-refractivity contribution in [1.82, 2.24) is 0 Å². The highest BCUT2D eigenvalue weighted by molar-refractivity contribution is 6.01. The topological polar surface area (TPSA) is 89.8 Å². The van der Waals surface area contributed by atoms with E-state index in [1.807, 2.05) is 20.8 Å². The lowest BCUT2D eigenvalue weighted by molar-refractivity contribution is -0.384. The Bertz CT molecular complexity index is 656. The molecule has 1 unspecified atom stereocenters. The molecule has 0 aliphatic carbocycles. The van der Waals surface area contributed by atoms with Gasteiger partial charge in [0.05, 0.1) is 11.5 Å². The predicted molar refractivity (Wildman–Crippen MR) is 88.8 cm³/mol. The molecule has 1 aliphatic heterocycles. The number of anilines is 1. The van der Waals surface area contributed by atoms with Crippen LogP contribution in [0.3, 0.4) is 0 Å². The van der Waals surface area contributed by atoms with Gasteiger partial charge in [0.2, 0.25) is 5.91 Å². The summed E-state index contributed by atoms with van der Waals surface area (Å²) in [6.07, 6.45) is 1.07. The van der Waals surface area contributed by atoms with Crippen molar-refractivity contribution in [1.29, 1.82) is 0 Å². The van der Waals surface area contributed by atoms with Crippen LogP contribution in [-0.4, -0.2) is 29.4 Å². The molecular formula is C17H22N2O5. The third-order valence-electron chi connectivity index (χ3n) is 3.94. The Kier molecular flexibility index (Phi) is 5.54. The first-order chi connectivity index (χ1) is 11.3. The Morgan fingerprint density at radius 1 is 1.38 bits per heavy atom. The Morgan fingerprint density at radius 2 is 2.08 bits per heavy atom. The summed E-state index contributed by atoms with van der Waals surface area (Å²) in [4.78, 5) is 36.7. The molecule has 1 aromatic rings. The van der Waals surface area contributed by atoms with E-state index >= 15 is 0 Å². The van der Waals surface area contributed by atoms with Crippen molar-refractivity contribution in [2.24, 2.45) is 5.92 Å². The number of amides is 1. The van der Waals surface area contributed by atoms with Gasteiger partial charge in [-0.05, 0) is 30.4 Å². The summed E-state index contributed by atoms with van der Waals surface area (Å²) in [6.45, 7) is 5.99. The van der Waals surface area contributed by atoms with E-state index in [-0.39, 0.29) is 23.9 Å². The fourth-order valence-corrected chi connectivity index (χ4v) is 2.76. The zero-order valence-corrected chi connectivity index (χ0v) is 14.2. The van der Waals surface area contributed by atoms with Crippen molar-refractivity contribution in [3.8, 4) is 0 Å². The van der Waals surface area contributed by atoms with Crippen LogP contribution in [0.4, 0.5) is 11.4 Å². The van der Waals surface area contributed by atoms with E-state index < -0.39 is 16.9 Å². The molecule has 0 N–H and O–H groups in total. The van der Waals surface area contributed by atoms with E-state index in [0.29, 0.717) is 30.7 Å². The number of fused-ring (bicyclic) bond motifs is 1. The van der Waals surface area contributed by atoms with E-state index in [1.165, 1.54) is 17.0 Å². The van der Waals surface area contributed by atoms with Crippen LogP contribution in [0, 0.1) is 16.0 Å². The summed E-state index contributed by atoms with van der Waals surface area (Å²) < 4.78 is 5.29. The Balaban J connectivity index is 2.33. The van der Waals surface area contributed by atoms with E-state index in [0.717, 1.165) is 0 Å². The maximum atomic E-state index is 12.4. The van der Waals surface area contributed by atoms with E-state index in [9.17, 15) is 19.7 Å². The summed E-state index contributed by atoms with van der Waals surface area (Å²) in [5, 5.41) is 10.9. The maximum Gasteiger partial charge on any atom is 0.329 e. The lowest BCUT2D eigenvalue weighted by Gasteiger charge is -2.34. The Morgan fingerprint density at radius 3 is 2.67 bits per heavy atom. The van der Waals surface area contributed by atoms with Gasteiger partial charge in [-0.3, -0.25) is 19.8 Å². The van der Waals surface area contributed by atoms with Gasteiger partial charge in [0.1, 0.15) is 6.04 Å². The summed E-state index contributed by atoms with van der Waals surface area (Å²) in [6, 6.07) is 3.66. The van der Waals surface area contributed by atoms with Crippen LogP contribution in [0.15, 0.2) is 18.2 Å². The number of carbonyl (C=O) groups excluding carboxylic acids is 2. The molecule has 0 saturated carbocycles. The van der Waals surface area contributed by atoms with Crippen LogP contribution in [0.1, 0.15) is 39.2 Å². The smallest absolute Gasteiger partial charge is 0.329 e. The fourth-order valence-electron chi connectivity index (χ4n) is 2.76. The van der Waals surface area contributed by atoms with Crippen LogP contribution in [-0.2, 0) is 20.7 Å². The monoisotopic (exact) mass is 334 g/mol. The number of nitrogens with zero attached hydrogens (tertiary/aromatic N) is 2. The first-order valence-corrected chi connectivity index (χ1v) is 8.11. The first kappa shape index (κ1) is 17.9. The maximum absolute atomic E-state index is 12.4. The van der Waals surface area contributed by atoms with Gasteiger partial charge in [-0.15, -0.1) is 0 Å². The number of esters is 1. The lowest BCUT2D eigenvalue weighted by atomic mass is 9.98. The minimum absolute atomic E-state index is 0.0153. The molecule has 0 radical (unpaired) electrons. The molecule has 7 heteroatoms. The van der Waals surface area contributed by atoms with E-state index in [2.05, 4.69) is 0 Å². The second-order valence-corrected chi connectivity index (χ2v) is 6.28. The van der Waals surface area contributed by atoms with E-state index in [4.69, 9.17) is 4.74 Å². The molecule has 1 atom stereocenters. The standard InChI is InChI=1S/C17H22N2O5/c1-4-14(17(21)24-10-11(2)3)18-15-7-6-13(19(22)23)9-12(15)5-8-16(18)20/h6-7,9,11,14H,4-5,8,10H2,1-3H3. The summed E-state index contributed by atoms with van der Waals surface area (Å²) in [7, 11) is 0. The summed E-state index contributed by atoms with van der Waals surface area (Å²) in [5.74, 6) is -0.395. The lowest BCUT2D eigenvalue weighted by Crippen LogP contribution is -2.48. The molecule has 0 bridgehead atoms. The third-order valence-corrected chi connectivity index (χ3v) is 3.94. The number of nitro benzene ring substituents is 1. The Labute approximate surface area is 140 Å². The minimum atomic E-state index is -0.711. The molecule has 1 amide bonds. The SMILES string of the molecule is CCC(C(=O)OCC(C)C)N1C(=O)CCc2cc([N+](=O)[O-])ccc21. The zero-order chi connectivity index (χ0) is 17.9. The number of benzene rings is 1. The predicted octanol–water partition coefficient (Wildman–Crippen LogP) is 2.85. The number of nitro groups is 1. The highest BCUT2D eigenvalue weighted by Crippen LogP contribution is 2.33. The second kappa shape index (κ2) is 7.42. The highest BCUT2D eigenvalue weighted by Gasteiger charge is 2.35. The second-order valence-electron chi connectivity index (χ2n) is 6.28. The number of ether oxygens (including phenoxy) is 1. The normalized spacial score (nSPS) is 15.2. The van der Waals surface area contributed by atoms with Crippen molar-refractivity contribution in [2.75, 3.05) is 11.5 Å². The van der Waals surface area contributed by atoms with Gasteiger partial charge in [0.15, 0.2) is 0 Å². The molecule has 7 nitrogen and oxygen atoms in total. The number of hydrogen-bond donors (Lipinski definition) is 0. The van der Waals surface area contributed by atoms with Gasteiger partial charge in [-0.2, -0.15) is 0 Å². The number of hydrogen-bond acceptors (Lipinski definition) is 5. The number of carbonyl (C=O) groups is 2. The molecule has 0 saturated heterocycles. The van der Waals surface area contributed by atoms with Crippen molar-refractivity contribution in [3.63, 3.8) is 0 Å². The molecule has 1 heterocycles. The van der Waals surface area contributed by atoms with Crippen LogP contribution in [0.2, 0.25) is 0 Å². The van der Waals surface area contributed by atoms with Gasteiger partial charge in [-0.25, -0.2) is 4.79 Å². The quantitative estimate of drug-likeness (QED) is 0.453. The average molecular weight is 334 g/mol. The average Bonchev–Trinajstić information content (AvgIpc) is 2.54. The molecular weight excluding hydrogens is 312 g/mol. The summed E-state index contributed by atoms with van der Waals surface area (Å²) >= 11 is 0. The Hall–Kier alpha value is -2.44. The largest absolute Gasteiger partial charge is 0.464 e. The minimum Gasteiger partial charge on any atom is -0.464 e. The molecule has 2 rings (SSSR count).